The molecule has 0 heterocycles. The van der Waals surface area contributed by atoms with Gasteiger partial charge in [-0.2, -0.15) is 0 Å². The lowest BCUT2D eigenvalue weighted by atomic mass is 9.80. The number of hydrogen-bond donors (Lipinski definition) is 0. The Morgan fingerprint density at radius 2 is 1.54 bits per heavy atom. The molecule has 0 bridgehead atoms. The first-order valence-corrected chi connectivity index (χ1v) is 5.23. The monoisotopic (exact) mass is 180 g/mol. The van der Waals surface area contributed by atoms with Crippen LogP contribution in [0.1, 0.15) is 41.5 Å². The number of rotatable bonds is 4. The zero-order chi connectivity index (χ0) is 10.6. The predicted molar refractivity (Wildman–Crippen MR) is 61.7 cm³/mol. The van der Waals surface area contributed by atoms with Crippen LogP contribution in [0.4, 0.5) is 0 Å². The highest BCUT2D eigenvalue weighted by molar-refractivity contribution is 5.13. The second kappa shape index (κ2) is 5.26. The predicted octanol–water partition coefficient (Wildman–Crippen LogP) is 4.44. The molecule has 0 aliphatic carbocycles. The second-order valence-electron chi connectivity index (χ2n) is 4.37. The van der Waals surface area contributed by atoms with Crippen molar-refractivity contribution in [3.63, 3.8) is 0 Å². The average molecular weight is 180 g/mol. The third kappa shape index (κ3) is 3.38. The van der Waals surface area contributed by atoms with Crippen molar-refractivity contribution in [3.8, 4) is 0 Å². The molecule has 0 aromatic heterocycles. The van der Waals surface area contributed by atoms with Crippen molar-refractivity contribution in [3.05, 3.63) is 23.8 Å². The van der Waals surface area contributed by atoms with Crippen LogP contribution in [0.3, 0.4) is 0 Å². The molecule has 76 valence electrons. The third-order valence-corrected chi connectivity index (χ3v) is 3.05. The van der Waals surface area contributed by atoms with Gasteiger partial charge in [0.1, 0.15) is 0 Å². The van der Waals surface area contributed by atoms with Crippen molar-refractivity contribution in [2.75, 3.05) is 0 Å². The summed E-state index contributed by atoms with van der Waals surface area (Å²) in [7, 11) is 0. The summed E-state index contributed by atoms with van der Waals surface area (Å²) < 4.78 is 0. The van der Waals surface area contributed by atoms with E-state index in [-0.39, 0.29) is 0 Å². The molecule has 0 aliphatic heterocycles. The van der Waals surface area contributed by atoms with E-state index in [4.69, 9.17) is 0 Å². The molecular weight excluding hydrogens is 156 g/mol. The van der Waals surface area contributed by atoms with Gasteiger partial charge in [-0.05, 0) is 31.6 Å². The van der Waals surface area contributed by atoms with Crippen molar-refractivity contribution in [1.82, 2.24) is 0 Å². The molecule has 0 saturated carbocycles. The zero-order valence-corrected chi connectivity index (χ0v) is 10.0. The van der Waals surface area contributed by atoms with Crippen LogP contribution in [0.25, 0.3) is 0 Å². The summed E-state index contributed by atoms with van der Waals surface area (Å²) in [5, 5.41) is 0. The fraction of sp³-hybridized carbons (Fsp3) is 0.692. The Bertz CT molecular complexity index is 196. The van der Waals surface area contributed by atoms with E-state index in [1.807, 2.05) is 0 Å². The lowest BCUT2D eigenvalue weighted by Crippen LogP contribution is -2.14. The highest BCUT2D eigenvalue weighted by Crippen LogP contribution is 2.29. The van der Waals surface area contributed by atoms with Crippen LogP contribution in [-0.4, -0.2) is 0 Å². The zero-order valence-electron chi connectivity index (χ0n) is 10.0. The van der Waals surface area contributed by atoms with Gasteiger partial charge < -0.3 is 0 Å². The molecule has 0 aromatic carbocycles. The van der Waals surface area contributed by atoms with Gasteiger partial charge in [-0.1, -0.05) is 51.5 Å². The molecule has 0 spiro atoms. The number of hydrogen-bond acceptors (Lipinski definition) is 0. The summed E-state index contributed by atoms with van der Waals surface area (Å²) >= 11 is 0. The van der Waals surface area contributed by atoms with Gasteiger partial charge in [0.05, 0.1) is 0 Å². The molecule has 0 N–H and O–H groups in total. The summed E-state index contributed by atoms with van der Waals surface area (Å²) in [5.41, 5.74) is 2.84. The highest BCUT2D eigenvalue weighted by Gasteiger charge is 2.18. The van der Waals surface area contributed by atoms with Gasteiger partial charge in [-0.15, -0.1) is 0 Å². The van der Waals surface area contributed by atoms with E-state index in [1.54, 1.807) is 5.57 Å². The van der Waals surface area contributed by atoms with E-state index in [1.165, 1.54) is 5.57 Å². The minimum Gasteiger partial charge on any atom is -0.0998 e. The highest BCUT2D eigenvalue weighted by atomic mass is 14.2. The van der Waals surface area contributed by atoms with Gasteiger partial charge in [-0.3, -0.25) is 0 Å². The van der Waals surface area contributed by atoms with E-state index in [9.17, 15) is 0 Å². The first kappa shape index (κ1) is 12.5. The molecule has 0 fully saturated rings. The summed E-state index contributed by atoms with van der Waals surface area (Å²) in [6.45, 7) is 17.4. The van der Waals surface area contributed by atoms with Crippen LogP contribution in [-0.2, 0) is 0 Å². The van der Waals surface area contributed by atoms with Crippen molar-refractivity contribution >= 4 is 0 Å². The van der Waals surface area contributed by atoms with E-state index in [0.717, 1.165) is 0 Å². The molecule has 2 atom stereocenters. The van der Waals surface area contributed by atoms with Crippen LogP contribution >= 0.6 is 0 Å². The van der Waals surface area contributed by atoms with Crippen molar-refractivity contribution < 1.29 is 0 Å². The van der Waals surface area contributed by atoms with Crippen LogP contribution < -0.4 is 0 Å². The first-order chi connectivity index (χ1) is 5.91. The standard InChI is InChI=1S/C13H24/c1-8-13(10(4)5)12(7)11(6)9(2)3/h8,10-12H,2H2,1,3-7H3/b13-8-. The Hall–Kier alpha value is -0.520. The topological polar surface area (TPSA) is 0 Å². The summed E-state index contributed by atoms with van der Waals surface area (Å²) in [4.78, 5) is 0. The molecule has 0 radical (unpaired) electrons. The summed E-state index contributed by atoms with van der Waals surface area (Å²) in [6, 6.07) is 0. The Morgan fingerprint density at radius 3 is 1.77 bits per heavy atom. The van der Waals surface area contributed by atoms with Gasteiger partial charge in [0.2, 0.25) is 0 Å². The Morgan fingerprint density at radius 1 is 1.08 bits per heavy atom. The fourth-order valence-corrected chi connectivity index (χ4v) is 1.84. The SMILES string of the molecule is C=C(C)C(C)C(C)/C(=C\C)C(C)C. The molecule has 0 rings (SSSR count). The van der Waals surface area contributed by atoms with Crippen molar-refractivity contribution in [1.29, 1.82) is 0 Å². The van der Waals surface area contributed by atoms with Gasteiger partial charge in [0.25, 0.3) is 0 Å². The molecule has 0 nitrogen and oxygen atoms in total. The average Bonchev–Trinajstić information content (AvgIpc) is 2.03. The smallest absolute Gasteiger partial charge is 0.0166 e. The summed E-state index contributed by atoms with van der Waals surface area (Å²) in [5.74, 6) is 1.87. The molecule has 0 aromatic rings. The molecule has 0 amide bonds. The minimum atomic E-state index is 0.591. The minimum absolute atomic E-state index is 0.591. The van der Waals surface area contributed by atoms with E-state index < -0.39 is 0 Å². The maximum atomic E-state index is 4.02. The normalized spacial score (nSPS) is 17.3. The second-order valence-corrected chi connectivity index (χ2v) is 4.37. The molecule has 13 heavy (non-hydrogen) atoms. The lowest BCUT2D eigenvalue weighted by molar-refractivity contribution is 0.463. The maximum absolute atomic E-state index is 4.02. The lowest BCUT2D eigenvalue weighted by Gasteiger charge is -2.25. The van der Waals surface area contributed by atoms with E-state index in [2.05, 4.69) is 54.2 Å². The first-order valence-electron chi connectivity index (χ1n) is 5.23. The largest absolute Gasteiger partial charge is 0.0998 e. The van der Waals surface area contributed by atoms with Gasteiger partial charge >= 0.3 is 0 Å². The van der Waals surface area contributed by atoms with Crippen LogP contribution in [0, 0.1) is 17.8 Å². The van der Waals surface area contributed by atoms with E-state index in [0.29, 0.717) is 17.8 Å². The van der Waals surface area contributed by atoms with Crippen molar-refractivity contribution in [2.45, 2.75) is 41.5 Å². The Balaban J connectivity index is 4.56. The molecule has 0 heteroatoms. The Labute approximate surface area is 83.7 Å². The Kier molecular flexibility index (Phi) is 5.05. The van der Waals surface area contributed by atoms with E-state index >= 15 is 0 Å². The molecule has 0 saturated heterocycles. The fourth-order valence-electron chi connectivity index (χ4n) is 1.84. The molecule has 0 aliphatic rings. The van der Waals surface area contributed by atoms with Crippen molar-refractivity contribution in [2.24, 2.45) is 17.8 Å². The third-order valence-electron chi connectivity index (χ3n) is 3.05. The molecule has 2 unspecified atom stereocenters. The van der Waals surface area contributed by atoms with Gasteiger partial charge in [0.15, 0.2) is 0 Å². The quantitative estimate of drug-likeness (QED) is 0.561. The van der Waals surface area contributed by atoms with Crippen LogP contribution in [0.5, 0.6) is 0 Å². The van der Waals surface area contributed by atoms with Crippen LogP contribution in [0.15, 0.2) is 23.8 Å². The molecular formula is C13H24. The van der Waals surface area contributed by atoms with Gasteiger partial charge in [-0.25, -0.2) is 0 Å². The van der Waals surface area contributed by atoms with Gasteiger partial charge in [0, 0.05) is 0 Å². The van der Waals surface area contributed by atoms with Crippen LogP contribution in [0.2, 0.25) is 0 Å². The summed E-state index contributed by atoms with van der Waals surface area (Å²) in [6.07, 6.45) is 2.26. The maximum Gasteiger partial charge on any atom is -0.0166 e. The number of allylic oxidation sites excluding steroid dienone is 3.